The van der Waals surface area contributed by atoms with Crippen LogP contribution in [0.4, 0.5) is 4.39 Å². The third-order valence-corrected chi connectivity index (χ3v) is 2.30. The summed E-state index contributed by atoms with van der Waals surface area (Å²) in [4.78, 5) is 14.8. The first kappa shape index (κ1) is 12.5. The number of aromatic carboxylic acids is 1. The van der Waals surface area contributed by atoms with Crippen LogP contribution in [0.5, 0.6) is 11.5 Å². The molecule has 1 heterocycles. The van der Waals surface area contributed by atoms with E-state index in [1.807, 2.05) is 6.07 Å². The molecule has 94 valence electrons. The molecule has 2 aromatic rings. The lowest BCUT2D eigenvalue weighted by molar-refractivity contribution is 0.0694. The molecule has 0 spiro atoms. The van der Waals surface area contributed by atoms with Crippen molar-refractivity contribution in [3.05, 3.63) is 53.6 Å². The van der Waals surface area contributed by atoms with Crippen LogP contribution >= 0.6 is 0 Å². The van der Waals surface area contributed by atoms with E-state index in [4.69, 9.17) is 15.1 Å². The summed E-state index contributed by atoms with van der Waals surface area (Å²) in [6, 6.07) is 6.34. The topological polar surface area (TPSA) is 83.2 Å². The normalized spacial score (nSPS) is 9.68. The van der Waals surface area contributed by atoms with E-state index < -0.39 is 11.8 Å². The third-order valence-electron chi connectivity index (χ3n) is 2.30. The summed E-state index contributed by atoms with van der Waals surface area (Å²) in [5.41, 5.74) is -0.0234. The molecule has 0 aliphatic rings. The van der Waals surface area contributed by atoms with Crippen LogP contribution in [0.2, 0.25) is 0 Å². The first-order chi connectivity index (χ1) is 9.11. The minimum Gasteiger partial charge on any atom is -0.478 e. The molecule has 0 bridgehead atoms. The number of ether oxygens (including phenoxy) is 1. The molecule has 0 saturated heterocycles. The number of pyridine rings is 1. The maximum absolute atomic E-state index is 13.1. The van der Waals surface area contributed by atoms with Gasteiger partial charge in [0.15, 0.2) is 5.75 Å². The zero-order chi connectivity index (χ0) is 13.8. The fourth-order valence-electron chi connectivity index (χ4n) is 1.43. The fourth-order valence-corrected chi connectivity index (χ4v) is 1.43. The summed E-state index contributed by atoms with van der Waals surface area (Å²) < 4.78 is 18.4. The van der Waals surface area contributed by atoms with Gasteiger partial charge in [-0.3, -0.25) is 4.98 Å². The van der Waals surface area contributed by atoms with Gasteiger partial charge in [0, 0.05) is 12.3 Å². The number of carbonyl (C=O) groups is 1. The number of nitriles is 1. The minimum atomic E-state index is -1.25. The van der Waals surface area contributed by atoms with Gasteiger partial charge >= 0.3 is 5.97 Å². The Hall–Kier alpha value is -2.94. The van der Waals surface area contributed by atoms with Crippen molar-refractivity contribution in [2.75, 3.05) is 0 Å². The van der Waals surface area contributed by atoms with Crippen molar-refractivity contribution in [3.8, 4) is 17.6 Å². The van der Waals surface area contributed by atoms with Crippen molar-refractivity contribution in [1.29, 1.82) is 5.26 Å². The van der Waals surface area contributed by atoms with Crippen LogP contribution in [0.1, 0.15) is 15.9 Å². The maximum Gasteiger partial charge on any atom is 0.339 e. The highest BCUT2D eigenvalue weighted by Crippen LogP contribution is 2.28. The highest BCUT2D eigenvalue weighted by molar-refractivity contribution is 5.91. The van der Waals surface area contributed by atoms with E-state index in [2.05, 4.69) is 4.98 Å². The van der Waals surface area contributed by atoms with Gasteiger partial charge < -0.3 is 9.84 Å². The van der Waals surface area contributed by atoms with Gasteiger partial charge in [-0.05, 0) is 18.2 Å². The molecule has 1 aromatic heterocycles. The predicted molar refractivity (Wildman–Crippen MR) is 62.4 cm³/mol. The average molecular weight is 258 g/mol. The molecule has 1 N–H and O–H groups in total. The monoisotopic (exact) mass is 258 g/mol. The maximum atomic E-state index is 13.1. The quantitative estimate of drug-likeness (QED) is 0.914. The molecule has 0 fully saturated rings. The minimum absolute atomic E-state index is 0.0677. The molecule has 0 atom stereocenters. The first-order valence-electron chi connectivity index (χ1n) is 5.16. The largest absolute Gasteiger partial charge is 0.478 e. The van der Waals surface area contributed by atoms with Crippen molar-refractivity contribution in [3.63, 3.8) is 0 Å². The second kappa shape index (κ2) is 5.14. The smallest absolute Gasteiger partial charge is 0.339 e. The molecule has 0 aliphatic carbocycles. The lowest BCUT2D eigenvalue weighted by atomic mass is 10.2. The van der Waals surface area contributed by atoms with Crippen LogP contribution in [0.25, 0.3) is 0 Å². The van der Waals surface area contributed by atoms with Gasteiger partial charge in [0.2, 0.25) is 0 Å². The van der Waals surface area contributed by atoms with Crippen LogP contribution in [-0.2, 0) is 0 Å². The number of aromatic nitrogens is 1. The molecule has 0 amide bonds. The Kier molecular flexibility index (Phi) is 3.39. The van der Waals surface area contributed by atoms with Crippen LogP contribution in [0, 0.1) is 17.1 Å². The van der Waals surface area contributed by atoms with Crippen molar-refractivity contribution < 1.29 is 19.0 Å². The first-order valence-corrected chi connectivity index (χ1v) is 5.16. The summed E-state index contributed by atoms with van der Waals surface area (Å²) in [5, 5.41) is 17.9. The van der Waals surface area contributed by atoms with Crippen LogP contribution in [0.3, 0.4) is 0 Å². The van der Waals surface area contributed by atoms with Gasteiger partial charge in [-0.1, -0.05) is 0 Å². The van der Waals surface area contributed by atoms with E-state index in [0.29, 0.717) is 0 Å². The standard InChI is InChI=1S/C13H7FN2O3/c14-9-1-2-10(13(17)18)11(5-9)19-12-7-16-4-3-8(12)6-15/h1-5,7H,(H,17,18). The van der Waals surface area contributed by atoms with Crippen molar-refractivity contribution in [2.24, 2.45) is 0 Å². The summed E-state index contributed by atoms with van der Waals surface area (Å²) in [6.45, 7) is 0. The van der Waals surface area contributed by atoms with Gasteiger partial charge in [0.25, 0.3) is 0 Å². The molecule has 0 unspecified atom stereocenters. The Labute approximate surface area is 107 Å². The van der Waals surface area contributed by atoms with E-state index in [1.165, 1.54) is 18.5 Å². The molecule has 0 saturated carbocycles. The molecule has 0 aliphatic heterocycles. The van der Waals surface area contributed by atoms with Crippen molar-refractivity contribution in [2.45, 2.75) is 0 Å². The lowest BCUT2D eigenvalue weighted by Crippen LogP contribution is -2.01. The molecule has 1 aromatic carbocycles. The van der Waals surface area contributed by atoms with Crippen LogP contribution in [-0.4, -0.2) is 16.1 Å². The van der Waals surface area contributed by atoms with E-state index in [-0.39, 0.29) is 22.6 Å². The Morgan fingerprint density at radius 1 is 1.37 bits per heavy atom. The molecular formula is C13H7FN2O3. The SMILES string of the molecule is N#Cc1ccncc1Oc1cc(F)ccc1C(=O)O. The zero-order valence-corrected chi connectivity index (χ0v) is 9.50. The van der Waals surface area contributed by atoms with Crippen molar-refractivity contribution in [1.82, 2.24) is 4.98 Å². The Balaban J connectivity index is 2.46. The highest BCUT2D eigenvalue weighted by atomic mass is 19.1. The lowest BCUT2D eigenvalue weighted by Gasteiger charge is -2.09. The van der Waals surface area contributed by atoms with Crippen LogP contribution in [0.15, 0.2) is 36.7 Å². The highest BCUT2D eigenvalue weighted by Gasteiger charge is 2.14. The molecule has 0 radical (unpaired) electrons. The van der Waals surface area contributed by atoms with E-state index in [9.17, 15) is 9.18 Å². The number of carboxylic acids is 1. The number of rotatable bonds is 3. The van der Waals surface area contributed by atoms with Crippen molar-refractivity contribution >= 4 is 5.97 Å². The second-order valence-corrected chi connectivity index (χ2v) is 3.53. The molecule has 5 nitrogen and oxygen atoms in total. The van der Waals surface area contributed by atoms with E-state index >= 15 is 0 Å². The van der Waals surface area contributed by atoms with Gasteiger partial charge in [-0.25, -0.2) is 9.18 Å². The second-order valence-electron chi connectivity index (χ2n) is 3.53. The Morgan fingerprint density at radius 3 is 2.84 bits per heavy atom. The molecule has 6 heteroatoms. The number of benzene rings is 1. The molecule has 2 rings (SSSR count). The van der Waals surface area contributed by atoms with Gasteiger partial charge in [-0.15, -0.1) is 0 Å². The summed E-state index contributed by atoms with van der Waals surface area (Å²) in [7, 11) is 0. The number of hydrogen-bond acceptors (Lipinski definition) is 4. The van der Waals surface area contributed by atoms with E-state index in [0.717, 1.165) is 18.2 Å². The average Bonchev–Trinajstić information content (AvgIpc) is 2.39. The molecular weight excluding hydrogens is 251 g/mol. The predicted octanol–water partition coefficient (Wildman–Crippen LogP) is 2.58. The van der Waals surface area contributed by atoms with Gasteiger partial charge in [0.1, 0.15) is 23.2 Å². The summed E-state index contributed by atoms with van der Waals surface area (Å²) in [6.07, 6.45) is 2.66. The fraction of sp³-hybridized carbons (Fsp3) is 0. The van der Waals surface area contributed by atoms with Crippen LogP contribution < -0.4 is 4.74 Å². The third kappa shape index (κ3) is 2.66. The van der Waals surface area contributed by atoms with Gasteiger partial charge in [0.05, 0.1) is 11.8 Å². The molecule has 19 heavy (non-hydrogen) atoms. The zero-order valence-electron chi connectivity index (χ0n) is 9.50. The Morgan fingerprint density at radius 2 is 2.16 bits per heavy atom. The van der Waals surface area contributed by atoms with E-state index in [1.54, 1.807) is 0 Å². The number of carboxylic acid groups (broad SMARTS) is 1. The van der Waals surface area contributed by atoms with Gasteiger partial charge in [-0.2, -0.15) is 5.26 Å². The summed E-state index contributed by atoms with van der Waals surface area (Å²) >= 11 is 0. The summed E-state index contributed by atoms with van der Waals surface area (Å²) in [5.74, 6) is -2.00. The number of nitrogens with zero attached hydrogens (tertiary/aromatic N) is 2. The number of halogens is 1. The number of hydrogen-bond donors (Lipinski definition) is 1. The Bertz CT molecular complexity index is 680.